The molecule has 0 aliphatic carbocycles. The molecule has 0 radical (unpaired) electrons. The lowest BCUT2D eigenvalue weighted by Gasteiger charge is -2.21. The summed E-state index contributed by atoms with van der Waals surface area (Å²) in [6.07, 6.45) is 0. The minimum atomic E-state index is -0.892. The van der Waals surface area contributed by atoms with Crippen LogP contribution in [0.4, 0.5) is 5.13 Å². The van der Waals surface area contributed by atoms with Crippen molar-refractivity contribution >= 4 is 51.2 Å². The van der Waals surface area contributed by atoms with E-state index in [-0.39, 0.29) is 27.9 Å². The average Bonchev–Trinajstić information content (AvgIpc) is 3.53. The molecule has 8 nitrogen and oxygen atoms in total. The summed E-state index contributed by atoms with van der Waals surface area (Å²) < 4.78 is 10.6. The Morgan fingerprint density at radius 1 is 1.18 bits per heavy atom. The van der Waals surface area contributed by atoms with Crippen molar-refractivity contribution < 1.29 is 29.0 Å². The summed E-state index contributed by atoms with van der Waals surface area (Å²) in [7, 11) is 0. The second-order valence-corrected chi connectivity index (χ2v) is 9.23. The van der Waals surface area contributed by atoms with Crippen molar-refractivity contribution in [2.75, 3.05) is 18.1 Å². The van der Waals surface area contributed by atoms with Crippen LogP contribution in [0.25, 0.3) is 5.76 Å². The van der Waals surface area contributed by atoms with Gasteiger partial charge in [-0.2, -0.15) is 0 Å². The lowest BCUT2D eigenvalue weighted by molar-refractivity contribution is -0.132. The van der Waals surface area contributed by atoms with E-state index in [1.807, 2.05) is 12.3 Å². The number of aliphatic hydroxyl groups is 1. The van der Waals surface area contributed by atoms with Gasteiger partial charge in [-0.05, 0) is 44.4 Å². The van der Waals surface area contributed by atoms with E-state index in [0.717, 1.165) is 11.3 Å². The molecule has 0 bridgehead atoms. The maximum atomic E-state index is 13.2. The maximum absolute atomic E-state index is 13.2. The Hall–Kier alpha value is -3.50. The fourth-order valence-electron chi connectivity index (χ4n) is 3.67. The highest BCUT2D eigenvalue weighted by atomic mass is 32.1. The van der Waals surface area contributed by atoms with Crippen LogP contribution in [0.1, 0.15) is 45.7 Å². The molecule has 1 N–H and O–H groups in total. The highest BCUT2D eigenvalue weighted by Crippen LogP contribution is 2.45. The number of nitrogens with zero attached hydrogens (tertiary/aromatic N) is 2. The number of ketones is 1. The fourth-order valence-corrected chi connectivity index (χ4v) is 5.48. The number of hydrogen-bond donors (Lipinski definition) is 1. The average molecular weight is 499 g/mol. The number of thiophene rings is 1. The monoisotopic (exact) mass is 498 g/mol. The first-order valence-electron chi connectivity index (χ1n) is 10.6. The molecule has 1 aliphatic heterocycles. The zero-order valence-electron chi connectivity index (χ0n) is 18.7. The number of aliphatic hydroxyl groups excluding tert-OH is 1. The lowest BCUT2D eigenvalue weighted by atomic mass is 10.00. The predicted octanol–water partition coefficient (Wildman–Crippen LogP) is 4.71. The van der Waals surface area contributed by atoms with Crippen molar-refractivity contribution in [3.8, 4) is 5.75 Å². The van der Waals surface area contributed by atoms with Crippen LogP contribution in [0.5, 0.6) is 5.75 Å². The molecule has 1 aliphatic rings. The maximum Gasteiger partial charge on any atom is 0.350 e. The molecule has 34 heavy (non-hydrogen) atoms. The minimum Gasteiger partial charge on any atom is -0.507 e. The molecular weight excluding hydrogens is 476 g/mol. The molecule has 1 atom stereocenters. The van der Waals surface area contributed by atoms with E-state index in [9.17, 15) is 19.5 Å². The summed E-state index contributed by atoms with van der Waals surface area (Å²) in [5.74, 6) is -1.98. The van der Waals surface area contributed by atoms with Crippen LogP contribution < -0.4 is 9.64 Å². The molecule has 0 saturated carbocycles. The number of thiazole rings is 1. The van der Waals surface area contributed by atoms with Gasteiger partial charge in [0.15, 0.2) is 5.13 Å². The van der Waals surface area contributed by atoms with Crippen LogP contribution in [-0.4, -0.2) is 41.0 Å². The molecule has 1 fully saturated rings. The van der Waals surface area contributed by atoms with Crippen molar-refractivity contribution in [3.63, 3.8) is 0 Å². The molecule has 10 heteroatoms. The van der Waals surface area contributed by atoms with Gasteiger partial charge in [0.2, 0.25) is 0 Å². The molecule has 0 spiro atoms. The number of esters is 1. The summed E-state index contributed by atoms with van der Waals surface area (Å²) in [5.41, 5.74) is 0.703. The van der Waals surface area contributed by atoms with E-state index < -0.39 is 23.7 Å². The Bertz CT molecular complexity index is 1280. The predicted molar refractivity (Wildman–Crippen MR) is 130 cm³/mol. The van der Waals surface area contributed by atoms with Crippen LogP contribution in [0.3, 0.4) is 0 Å². The second-order valence-electron chi connectivity index (χ2n) is 7.28. The summed E-state index contributed by atoms with van der Waals surface area (Å²) >= 11 is 2.32. The van der Waals surface area contributed by atoms with Gasteiger partial charge in [-0.1, -0.05) is 29.5 Å². The first-order chi connectivity index (χ1) is 16.4. The van der Waals surface area contributed by atoms with Gasteiger partial charge >= 0.3 is 11.9 Å². The third kappa shape index (κ3) is 4.22. The zero-order valence-corrected chi connectivity index (χ0v) is 20.4. The molecule has 1 aromatic carbocycles. The molecule has 2 aromatic heterocycles. The molecular formula is C24H22N2O6S2. The van der Waals surface area contributed by atoms with E-state index in [4.69, 9.17) is 9.47 Å². The van der Waals surface area contributed by atoms with E-state index in [1.54, 1.807) is 50.2 Å². The highest BCUT2D eigenvalue weighted by Gasteiger charge is 2.49. The van der Waals surface area contributed by atoms with Crippen LogP contribution in [0.2, 0.25) is 0 Å². The van der Waals surface area contributed by atoms with E-state index in [0.29, 0.717) is 28.5 Å². The molecule has 1 unspecified atom stereocenters. The number of aromatic nitrogens is 1. The van der Waals surface area contributed by atoms with E-state index in [1.165, 1.54) is 16.2 Å². The van der Waals surface area contributed by atoms with Gasteiger partial charge in [0.1, 0.15) is 22.4 Å². The topological polar surface area (TPSA) is 106 Å². The molecule has 3 heterocycles. The Morgan fingerprint density at radius 3 is 2.65 bits per heavy atom. The van der Waals surface area contributed by atoms with Crippen LogP contribution >= 0.6 is 22.7 Å². The third-order valence-electron chi connectivity index (χ3n) is 5.13. The Kier molecular flexibility index (Phi) is 6.80. The second kappa shape index (κ2) is 9.78. The van der Waals surface area contributed by atoms with Crippen molar-refractivity contribution in [2.24, 2.45) is 0 Å². The molecule has 4 rings (SSSR count). The number of aryl methyl sites for hydroxylation is 1. The number of benzene rings is 1. The van der Waals surface area contributed by atoms with Crippen molar-refractivity contribution in [2.45, 2.75) is 26.8 Å². The van der Waals surface area contributed by atoms with E-state index >= 15 is 0 Å². The zero-order chi connectivity index (χ0) is 24.4. The summed E-state index contributed by atoms with van der Waals surface area (Å²) in [6.45, 7) is 5.82. The fraction of sp³-hybridized carbons (Fsp3) is 0.250. The van der Waals surface area contributed by atoms with Crippen molar-refractivity contribution in [3.05, 3.63) is 68.4 Å². The number of ether oxygens (including phenoxy) is 2. The largest absolute Gasteiger partial charge is 0.507 e. The van der Waals surface area contributed by atoms with Crippen LogP contribution in [0.15, 0.2) is 47.4 Å². The normalized spacial score (nSPS) is 17.3. The van der Waals surface area contributed by atoms with Gasteiger partial charge in [0.25, 0.3) is 5.78 Å². The van der Waals surface area contributed by atoms with Crippen LogP contribution in [-0.2, 0) is 14.3 Å². The molecule has 1 amide bonds. The third-order valence-corrected chi connectivity index (χ3v) is 7.19. The number of carbonyl (C=O) groups excluding carboxylic acids is 3. The SMILES string of the molecule is CCOC(=O)c1sc(N2C(=O)C(=O)C(=C(O)c3cccc(OCC)c3)C2c2cccs2)nc1C. The van der Waals surface area contributed by atoms with Gasteiger partial charge in [-0.25, -0.2) is 9.78 Å². The van der Waals surface area contributed by atoms with E-state index in [2.05, 4.69) is 4.98 Å². The van der Waals surface area contributed by atoms with Gasteiger partial charge in [-0.3, -0.25) is 14.5 Å². The Morgan fingerprint density at radius 2 is 1.97 bits per heavy atom. The first-order valence-corrected chi connectivity index (χ1v) is 12.3. The van der Waals surface area contributed by atoms with Gasteiger partial charge in [0, 0.05) is 10.4 Å². The summed E-state index contributed by atoms with van der Waals surface area (Å²) in [4.78, 5) is 45.3. The van der Waals surface area contributed by atoms with Crippen molar-refractivity contribution in [1.29, 1.82) is 0 Å². The standard InChI is InChI=1S/C24H22N2O6S2/c1-4-31-15-9-6-8-14(12-15)19(27)17-18(16-10-7-11-33-16)26(22(29)20(17)28)24-25-13(3)21(34-24)23(30)32-5-2/h6-12,18,27H,4-5H2,1-3H3. The number of anilines is 1. The number of Topliss-reactive ketones (excluding diaryl/α,β-unsaturated/α-hetero) is 1. The Balaban J connectivity index is 1.86. The van der Waals surface area contributed by atoms with Gasteiger partial charge in [-0.15, -0.1) is 11.3 Å². The lowest BCUT2D eigenvalue weighted by Crippen LogP contribution is -2.29. The molecule has 1 saturated heterocycles. The number of hydrogen-bond acceptors (Lipinski definition) is 9. The van der Waals surface area contributed by atoms with Crippen molar-refractivity contribution in [1.82, 2.24) is 4.98 Å². The molecule has 3 aromatic rings. The van der Waals surface area contributed by atoms with Gasteiger partial charge in [0.05, 0.1) is 24.5 Å². The highest BCUT2D eigenvalue weighted by molar-refractivity contribution is 7.18. The summed E-state index contributed by atoms with van der Waals surface area (Å²) in [5, 5.41) is 13.2. The smallest absolute Gasteiger partial charge is 0.350 e. The first kappa shape index (κ1) is 23.7. The minimum absolute atomic E-state index is 0.0494. The van der Waals surface area contributed by atoms with Crippen LogP contribution in [0, 0.1) is 6.92 Å². The number of carbonyl (C=O) groups is 3. The summed E-state index contributed by atoms with van der Waals surface area (Å²) in [6, 6.07) is 9.39. The Labute approximate surface area is 204 Å². The quantitative estimate of drug-likeness (QED) is 0.218. The van der Waals surface area contributed by atoms with Gasteiger partial charge < -0.3 is 14.6 Å². The molecule has 176 valence electrons. The number of amides is 1. The number of rotatable bonds is 7.